The molecule has 3 atom stereocenters. The van der Waals surface area contributed by atoms with Crippen LogP contribution in [0.3, 0.4) is 0 Å². The maximum atomic E-state index is 13.0. The molecule has 2 aromatic rings. The SMILES string of the molecule is C[C@H](C(=O)N1C(=S)SC[C@@H]1Cc1ccccc1)[C@@H](O)c1ccccc1. The molecule has 0 radical (unpaired) electrons. The molecule has 1 N–H and O–H groups in total. The summed E-state index contributed by atoms with van der Waals surface area (Å²) in [6.45, 7) is 1.77. The molecule has 0 saturated carbocycles. The van der Waals surface area contributed by atoms with Crippen molar-refractivity contribution in [2.45, 2.75) is 25.5 Å². The first-order chi connectivity index (χ1) is 12.1. The number of benzene rings is 2. The van der Waals surface area contributed by atoms with Crippen molar-refractivity contribution in [2.75, 3.05) is 5.75 Å². The van der Waals surface area contributed by atoms with E-state index in [9.17, 15) is 9.90 Å². The van der Waals surface area contributed by atoms with Gasteiger partial charge < -0.3 is 5.11 Å². The lowest BCUT2D eigenvalue weighted by atomic mass is 9.95. The predicted octanol–water partition coefficient (Wildman–Crippen LogP) is 3.83. The van der Waals surface area contributed by atoms with Gasteiger partial charge in [0, 0.05) is 5.75 Å². The fraction of sp³-hybridized carbons (Fsp3) is 0.300. The molecule has 1 heterocycles. The van der Waals surface area contributed by atoms with Crippen LogP contribution in [0.25, 0.3) is 0 Å². The number of hydrogen-bond donors (Lipinski definition) is 1. The van der Waals surface area contributed by atoms with Crippen LogP contribution in [0.4, 0.5) is 0 Å². The summed E-state index contributed by atoms with van der Waals surface area (Å²) in [5.41, 5.74) is 1.94. The minimum Gasteiger partial charge on any atom is -0.388 e. The largest absolute Gasteiger partial charge is 0.388 e. The number of carbonyl (C=O) groups excluding carboxylic acids is 1. The van der Waals surface area contributed by atoms with Crippen molar-refractivity contribution in [1.29, 1.82) is 0 Å². The molecule has 3 rings (SSSR count). The summed E-state index contributed by atoms with van der Waals surface area (Å²) >= 11 is 6.96. The second kappa shape index (κ2) is 8.13. The van der Waals surface area contributed by atoms with E-state index in [1.165, 1.54) is 5.56 Å². The van der Waals surface area contributed by atoms with Gasteiger partial charge in [-0.3, -0.25) is 9.69 Å². The van der Waals surface area contributed by atoms with E-state index < -0.39 is 12.0 Å². The topological polar surface area (TPSA) is 40.5 Å². The minimum atomic E-state index is -0.834. The third kappa shape index (κ3) is 4.11. The molecule has 1 fully saturated rings. The monoisotopic (exact) mass is 371 g/mol. The standard InChI is InChI=1S/C20H21NO2S2/c1-14(18(22)16-10-6-3-7-11-16)19(23)21-17(13-25-20(21)24)12-15-8-4-2-5-9-15/h2-11,14,17-18,22H,12-13H2,1H3/t14-,17-,18+/m0/s1. The molecule has 0 bridgehead atoms. The van der Waals surface area contributed by atoms with Crippen LogP contribution in [0, 0.1) is 5.92 Å². The van der Waals surface area contributed by atoms with E-state index in [0.717, 1.165) is 17.7 Å². The van der Waals surface area contributed by atoms with Crippen LogP contribution in [-0.4, -0.2) is 32.0 Å². The van der Waals surface area contributed by atoms with Gasteiger partial charge in [0.1, 0.15) is 4.32 Å². The second-order valence-corrected chi connectivity index (χ2v) is 7.93. The van der Waals surface area contributed by atoms with Crippen LogP contribution in [0.5, 0.6) is 0 Å². The molecular formula is C20H21NO2S2. The highest BCUT2D eigenvalue weighted by atomic mass is 32.2. The fourth-order valence-corrected chi connectivity index (χ4v) is 4.48. The molecule has 130 valence electrons. The van der Waals surface area contributed by atoms with Crippen molar-refractivity contribution in [1.82, 2.24) is 4.90 Å². The highest BCUT2D eigenvalue weighted by Gasteiger charge is 2.38. The summed E-state index contributed by atoms with van der Waals surface area (Å²) in [5, 5.41) is 10.6. The summed E-state index contributed by atoms with van der Waals surface area (Å²) in [6, 6.07) is 19.5. The molecule has 25 heavy (non-hydrogen) atoms. The molecule has 1 saturated heterocycles. The number of amides is 1. The van der Waals surface area contributed by atoms with Crippen LogP contribution < -0.4 is 0 Å². The third-order valence-corrected chi connectivity index (χ3v) is 6.06. The number of thioether (sulfide) groups is 1. The van der Waals surface area contributed by atoms with Crippen LogP contribution in [0.2, 0.25) is 0 Å². The zero-order valence-electron chi connectivity index (χ0n) is 14.0. The van der Waals surface area contributed by atoms with Gasteiger partial charge in [0.2, 0.25) is 5.91 Å². The Bertz CT molecular complexity index is 736. The Morgan fingerprint density at radius 1 is 1.20 bits per heavy atom. The summed E-state index contributed by atoms with van der Waals surface area (Å²) in [6.07, 6.45) is -0.0621. The number of hydrogen-bond acceptors (Lipinski definition) is 4. The first-order valence-corrected chi connectivity index (χ1v) is 9.74. The maximum absolute atomic E-state index is 13.0. The Morgan fingerprint density at radius 3 is 2.44 bits per heavy atom. The van der Waals surface area contributed by atoms with E-state index in [4.69, 9.17) is 12.2 Å². The maximum Gasteiger partial charge on any atom is 0.234 e. The van der Waals surface area contributed by atoms with Crippen LogP contribution in [-0.2, 0) is 11.2 Å². The first-order valence-electron chi connectivity index (χ1n) is 8.34. The lowest BCUT2D eigenvalue weighted by molar-refractivity contribution is -0.135. The van der Waals surface area contributed by atoms with E-state index in [2.05, 4.69) is 12.1 Å². The average molecular weight is 372 g/mol. The van der Waals surface area contributed by atoms with Crippen molar-refractivity contribution in [2.24, 2.45) is 5.92 Å². The van der Waals surface area contributed by atoms with Crippen molar-refractivity contribution in [3.05, 3.63) is 71.8 Å². The second-order valence-electron chi connectivity index (χ2n) is 6.27. The number of carbonyl (C=O) groups is 1. The van der Waals surface area contributed by atoms with Gasteiger partial charge in [-0.05, 0) is 17.5 Å². The van der Waals surface area contributed by atoms with Gasteiger partial charge in [-0.1, -0.05) is 91.6 Å². The first kappa shape index (κ1) is 18.1. The van der Waals surface area contributed by atoms with Crippen molar-refractivity contribution >= 4 is 34.2 Å². The van der Waals surface area contributed by atoms with Gasteiger partial charge in [-0.15, -0.1) is 0 Å². The van der Waals surface area contributed by atoms with Gasteiger partial charge in [-0.2, -0.15) is 0 Å². The fourth-order valence-electron chi connectivity index (χ4n) is 3.06. The normalized spacial score (nSPS) is 19.7. The number of nitrogens with zero attached hydrogens (tertiary/aromatic N) is 1. The zero-order valence-corrected chi connectivity index (χ0v) is 15.7. The molecule has 1 aliphatic heterocycles. The highest BCUT2D eigenvalue weighted by Crippen LogP contribution is 2.31. The summed E-state index contributed by atoms with van der Waals surface area (Å²) in [5.74, 6) is 0.151. The number of thiocarbonyl (C=S) groups is 1. The van der Waals surface area contributed by atoms with Crippen molar-refractivity contribution in [3.63, 3.8) is 0 Å². The van der Waals surface area contributed by atoms with Gasteiger partial charge in [0.15, 0.2) is 0 Å². The average Bonchev–Trinajstić information content (AvgIpc) is 3.01. The lowest BCUT2D eigenvalue weighted by Gasteiger charge is -2.28. The summed E-state index contributed by atoms with van der Waals surface area (Å²) < 4.78 is 0.609. The molecule has 3 nitrogen and oxygen atoms in total. The van der Waals surface area contributed by atoms with E-state index in [-0.39, 0.29) is 11.9 Å². The highest BCUT2D eigenvalue weighted by molar-refractivity contribution is 8.23. The van der Waals surface area contributed by atoms with E-state index >= 15 is 0 Å². The molecule has 5 heteroatoms. The molecule has 2 aromatic carbocycles. The summed E-state index contributed by atoms with van der Waals surface area (Å²) in [7, 11) is 0. The number of rotatable bonds is 5. The Kier molecular flexibility index (Phi) is 5.89. The Labute approximate surface area is 158 Å². The Hall–Kier alpha value is -1.69. The van der Waals surface area contributed by atoms with Gasteiger partial charge in [-0.25, -0.2) is 0 Å². The van der Waals surface area contributed by atoms with Crippen LogP contribution >= 0.6 is 24.0 Å². The Morgan fingerprint density at radius 2 is 1.80 bits per heavy atom. The molecule has 1 amide bonds. The molecule has 0 aromatic heterocycles. The smallest absolute Gasteiger partial charge is 0.234 e. The number of aliphatic hydroxyl groups excluding tert-OH is 1. The predicted molar refractivity (Wildman–Crippen MR) is 106 cm³/mol. The quantitative estimate of drug-likeness (QED) is 0.811. The molecule has 0 spiro atoms. The van der Waals surface area contributed by atoms with E-state index in [1.807, 2.05) is 48.5 Å². The number of aliphatic hydroxyl groups is 1. The van der Waals surface area contributed by atoms with Crippen molar-refractivity contribution in [3.8, 4) is 0 Å². The molecule has 0 aliphatic carbocycles. The van der Waals surface area contributed by atoms with Crippen LogP contribution in [0.15, 0.2) is 60.7 Å². The third-order valence-electron chi connectivity index (χ3n) is 4.52. The van der Waals surface area contributed by atoms with Gasteiger partial charge in [0.25, 0.3) is 0 Å². The minimum absolute atomic E-state index is 0.0397. The lowest BCUT2D eigenvalue weighted by Crippen LogP contribution is -2.44. The van der Waals surface area contributed by atoms with E-state index in [0.29, 0.717) is 4.32 Å². The zero-order chi connectivity index (χ0) is 17.8. The van der Waals surface area contributed by atoms with E-state index in [1.54, 1.807) is 23.6 Å². The molecule has 1 aliphatic rings. The van der Waals surface area contributed by atoms with Crippen LogP contribution in [0.1, 0.15) is 24.2 Å². The molecular weight excluding hydrogens is 350 g/mol. The summed E-state index contributed by atoms with van der Waals surface area (Å²) in [4.78, 5) is 14.7. The molecule has 0 unspecified atom stereocenters. The van der Waals surface area contributed by atoms with Gasteiger partial charge >= 0.3 is 0 Å². The Balaban J connectivity index is 1.75. The van der Waals surface area contributed by atoms with Crippen molar-refractivity contribution < 1.29 is 9.90 Å². The van der Waals surface area contributed by atoms with Gasteiger partial charge in [0.05, 0.1) is 18.1 Å².